The average molecular weight is 261 g/mol. The summed E-state index contributed by atoms with van der Waals surface area (Å²) in [5.74, 6) is 2.21. The Morgan fingerprint density at radius 1 is 1.28 bits per heavy atom. The zero-order chi connectivity index (χ0) is 12.0. The van der Waals surface area contributed by atoms with Crippen molar-refractivity contribution in [3.63, 3.8) is 0 Å². The Kier molecular flexibility index (Phi) is 2.77. The molecule has 1 N–H and O–H groups in total. The Hall–Kier alpha value is -0.340. The maximum Gasteiger partial charge on any atom is 0.00684 e. The predicted octanol–water partition coefficient (Wildman–Crippen LogP) is 3.85. The van der Waals surface area contributed by atoms with E-state index in [0.29, 0.717) is 5.41 Å². The van der Waals surface area contributed by atoms with Crippen LogP contribution in [-0.2, 0) is 6.42 Å². The van der Waals surface area contributed by atoms with Crippen LogP contribution in [-0.4, -0.2) is 12.6 Å². The molecule has 0 aromatic carbocycles. The minimum atomic E-state index is 0.653. The second-order valence-electron chi connectivity index (χ2n) is 6.90. The third kappa shape index (κ3) is 2.37. The maximum absolute atomic E-state index is 3.81. The van der Waals surface area contributed by atoms with Crippen molar-refractivity contribution in [1.82, 2.24) is 5.32 Å². The van der Waals surface area contributed by atoms with Gasteiger partial charge in [0.1, 0.15) is 0 Å². The summed E-state index contributed by atoms with van der Waals surface area (Å²) in [5, 5.41) is 6.03. The van der Waals surface area contributed by atoms with Crippen LogP contribution in [0.15, 0.2) is 17.5 Å². The number of aryl methyl sites for hydroxylation is 1. The summed E-state index contributed by atoms with van der Waals surface area (Å²) in [5.41, 5.74) is 0.653. The van der Waals surface area contributed by atoms with Gasteiger partial charge in [0.25, 0.3) is 0 Å². The molecule has 1 nitrogen and oxygen atoms in total. The lowest BCUT2D eigenvalue weighted by atomic mass is 9.78. The first-order chi connectivity index (χ1) is 8.83. The van der Waals surface area contributed by atoms with Gasteiger partial charge in [-0.1, -0.05) is 6.07 Å². The number of thiophene rings is 1. The predicted molar refractivity (Wildman–Crippen MR) is 76.9 cm³/mol. The highest BCUT2D eigenvalue weighted by atomic mass is 32.1. The van der Waals surface area contributed by atoms with Gasteiger partial charge in [-0.05, 0) is 73.6 Å². The van der Waals surface area contributed by atoms with Gasteiger partial charge in [-0.15, -0.1) is 11.3 Å². The van der Waals surface area contributed by atoms with E-state index in [4.69, 9.17) is 0 Å². The van der Waals surface area contributed by atoms with Crippen molar-refractivity contribution in [1.29, 1.82) is 0 Å². The standard InChI is InChI=1S/C16H23NS/c1-2-15(18-7-1)5-6-16(11-17-14-3-4-14)9-12-8-13(12)10-16/h1-2,7,12-14,17H,3-6,8-11H2. The molecule has 1 heterocycles. The Bertz CT molecular complexity index is 397. The van der Waals surface area contributed by atoms with Crippen LogP contribution in [0, 0.1) is 17.3 Å². The molecule has 2 heteroatoms. The van der Waals surface area contributed by atoms with Crippen molar-refractivity contribution in [2.45, 2.75) is 51.0 Å². The number of rotatable bonds is 6. The van der Waals surface area contributed by atoms with Gasteiger partial charge in [-0.25, -0.2) is 0 Å². The normalized spacial score (nSPS) is 37.8. The van der Waals surface area contributed by atoms with Crippen LogP contribution < -0.4 is 5.32 Å². The quantitative estimate of drug-likeness (QED) is 0.820. The first-order valence-electron chi connectivity index (χ1n) is 7.59. The lowest BCUT2D eigenvalue weighted by Crippen LogP contribution is -2.35. The van der Waals surface area contributed by atoms with Crippen LogP contribution >= 0.6 is 11.3 Å². The molecular weight excluding hydrogens is 238 g/mol. The monoisotopic (exact) mass is 261 g/mol. The fraction of sp³-hybridized carbons (Fsp3) is 0.750. The van der Waals surface area contributed by atoms with Gasteiger partial charge in [0.15, 0.2) is 0 Å². The highest BCUT2D eigenvalue weighted by Crippen LogP contribution is 2.61. The molecule has 3 aliphatic carbocycles. The van der Waals surface area contributed by atoms with Crippen molar-refractivity contribution in [2.75, 3.05) is 6.54 Å². The molecule has 1 aromatic rings. The Morgan fingerprint density at radius 3 is 2.78 bits per heavy atom. The summed E-state index contributed by atoms with van der Waals surface area (Å²) in [6.07, 6.45) is 10.2. The van der Waals surface area contributed by atoms with Gasteiger partial charge in [-0.3, -0.25) is 0 Å². The molecule has 3 aliphatic rings. The van der Waals surface area contributed by atoms with Crippen LogP contribution in [0.1, 0.15) is 43.4 Å². The molecule has 0 radical (unpaired) electrons. The van der Waals surface area contributed by atoms with Crippen LogP contribution in [0.2, 0.25) is 0 Å². The summed E-state index contributed by atoms with van der Waals surface area (Å²) in [7, 11) is 0. The molecule has 0 spiro atoms. The Labute approximate surface area is 114 Å². The zero-order valence-corrected chi connectivity index (χ0v) is 11.8. The molecule has 0 bridgehead atoms. The highest BCUT2D eigenvalue weighted by Gasteiger charge is 2.53. The van der Waals surface area contributed by atoms with E-state index in [2.05, 4.69) is 22.8 Å². The molecular formula is C16H23NS. The molecule has 98 valence electrons. The van der Waals surface area contributed by atoms with E-state index in [1.165, 1.54) is 45.1 Å². The second kappa shape index (κ2) is 4.35. The van der Waals surface area contributed by atoms with Crippen LogP contribution in [0.4, 0.5) is 0 Å². The summed E-state index contributed by atoms with van der Waals surface area (Å²) in [4.78, 5) is 1.58. The van der Waals surface area contributed by atoms with Crippen molar-refractivity contribution in [3.8, 4) is 0 Å². The van der Waals surface area contributed by atoms with E-state index in [-0.39, 0.29) is 0 Å². The summed E-state index contributed by atoms with van der Waals surface area (Å²) in [6.45, 7) is 1.30. The Balaban J connectivity index is 1.38. The van der Waals surface area contributed by atoms with Crippen molar-refractivity contribution < 1.29 is 0 Å². The molecule has 18 heavy (non-hydrogen) atoms. The largest absolute Gasteiger partial charge is 0.313 e. The molecule has 0 aliphatic heterocycles. The van der Waals surface area contributed by atoms with E-state index in [1.54, 1.807) is 11.3 Å². The third-order valence-electron chi connectivity index (χ3n) is 5.28. The summed E-state index contributed by atoms with van der Waals surface area (Å²) in [6, 6.07) is 5.38. The third-order valence-corrected chi connectivity index (χ3v) is 6.22. The summed E-state index contributed by atoms with van der Waals surface area (Å²) >= 11 is 1.93. The second-order valence-corrected chi connectivity index (χ2v) is 7.93. The highest BCUT2D eigenvalue weighted by molar-refractivity contribution is 7.09. The molecule has 3 saturated carbocycles. The molecule has 0 amide bonds. The van der Waals surface area contributed by atoms with Crippen LogP contribution in [0.5, 0.6) is 0 Å². The molecule has 2 atom stereocenters. The first-order valence-corrected chi connectivity index (χ1v) is 8.47. The van der Waals surface area contributed by atoms with Gasteiger partial charge in [0, 0.05) is 17.5 Å². The lowest BCUT2D eigenvalue weighted by Gasteiger charge is -2.31. The van der Waals surface area contributed by atoms with Crippen molar-refractivity contribution in [2.24, 2.45) is 17.3 Å². The van der Waals surface area contributed by atoms with Gasteiger partial charge in [0.2, 0.25) is 0 Å². The fourth-order valence-corrected chi connectivity index (χ4v) is 4.64. The molecule has 3 fully saturated rings. The summed E-state index contributed by atoms with van der Waals surface area (Å²) < 4.78 is 0. The van der Waals surface area contributed by atoms with Crippen LogP contribution in [0.25, 0.3) is 0 Å². The Morgan fingerprint density at radius 2 is 2.11 bits per heavy atom. The smallest absolute Gasteiger partial charge is 0.00684 e. The topological polar surface area (TPSA) is 12.0 Å². The minimum Gasteiger partial charge on any atom is -0.313 e. The number of hydrogen-bond donors (Lipinski definition) is 1. The van der Waals surface area contributed by atoms with Crippen molar-refractivity contribution in [3.05, 3.63) is 22.4 Å². The minimum absolute atomic E-state index is 0.653. The van der Waals surface area contributed by atoms with Gasteiger partial charge < -0.3 is 5.32 Å². The number of nitrogens with one attached hydrogen (secondary N) is 1. The van der Waals surface area contributed by atoms with Crippen LogP contribution in [0.3, 0.4) is 0 Å². The fourth-order valence-electron chi connectivity index (χ4n) is 3.93. The van der Waals surface area contributed by atoms with E-state index in [0.717, 1.165) is 17.9 Å². The van der Waals surface area contributed by atoms with Crippen molar-refractivity contribution >= 4 is 11.3 Å². The van der Waals surface area contributed by atoms with E-state index < -0.39 is 0 Å². The van der Waals surface area contributed by atoms with Gasteiger partial charge >= 0.3 is 0 Å². The van der Waals surface area contributed by atoms with E-state index in [9.17, 15) is 0 Å². The molecule has 0 saturated heterocycles. The zero-order valence-electron chi connectivity index (χ0n) is 11.0. The molecule has 4 rings (SSSR count). The average Bonchev–Trinajstić information content (AvgIpc) is 3.25. The molecule has 1 aromatic heterocycles. The maximum atomic E-state index is 3.81. The van der Waals surface area contributed by atoms with E-state index in [1.807, 2.05) is 11.3 Å². The van der Waals surface area contributed by atoms with E-state index >= 15 is 0 Å². The molecule has 2 unspecified atom stereocenters. The lowest BCUT2D eigenvalue weighted by molar-refractivity contribution is 0.230. The number of hydrogen-bond acceptors (Lipinski definition) is 2. The number of fused-ring (bicyclic) bond motifs is 1. The SMILES string of the molecule is c1csc(CCC2(CNC3CC3)CC3CC3C2)c1. The van der Waals surface area contributed by atoms with Gasteiger partial charge in [-0.2, -0.15) is 0 Å². The van der Waals surface area contributed by atoms with Gasteiger partial charge in [0.05, 0.1) is 0 Å². The first kappa shape index (κ1) is 11.5.